The monoisotopic (exact) mass is 879 g/mol. The molecule has 256 valence electrons. The van der Waals surface area contributed by atoms with Gasteiger partial charge in [-0.1, -0.05) is 0 Å². The van der Waals surface area contributed by atoms with Crippen LogP contribution in [0.25, 0.3) is 0 Å². The summed E-state index contributed by atoms with van der Waals surface area (Å²) >= 11 is 0. The van der Waals surface area contributed by atoms with Gasteiger partial charge in [0, 0.05) is 32.6 Å². The van der Waals surface area contributed by atoms with E-state index in [1.54, 1.807) is 0 Å². The zero-order valence-corrected chi connectivity index (χ0v) is 27.6. The van der Waals surface area contributed by atoms with Crippen molar-refractivity contribution in [1.29, 1.82) is 0 Å². The molecule has 1 heterocycles. The van der Waals surface area contributed by atoms with Gasteiger partial charge in [0.15, 0.2) is 0 Å². The zero-order chi connectivity index (χ0) is 35.4. The second kappa shape index (κ2) is 31.3. The number of carbonyl (C=O) groups is 4. The topological polar surface area (TPSA) is 447 Å². The minimum Gasteiger partial charge on any atom is -0.370 e. The normalized spacial score (nSPS) is 14.2. The second-order valence-electron chi connectivity index (χ2n) is 8.24. The molecule has 0 unspecified atom stereocenters. The van der Waals surface area contributed by atoms with Crippen LogP contribution < -0.4 is 22.9 Å². The van der Waals surface area contributed by atoms with Gasteiger partial charge in [0.05, 0.1) is 40.0 Å². The summed E-state index contributed by atoms with van der Waals surface area (Å²) in [5, 5.41) is 59.0. The number of hydrogen-bond acceptors (Lipinski definition) is 19. The van der Waals surface area contributed by atoms with Crippen LogP contribution in [0.15, 0.2) is 0 Å². The number of rotatable bonds is 8. The van der Waals surface area contributed by atoms with Gasteiger partial charge < -0.3 is 84.2 Å². The Morgan fingerprint density at radius 1 is 0.489 bits per heavy atom. The maximum absolute atomic E-state index is 11.4. The molecular weight excluding hydrogens is 846 g/mol. The summed E-state index contributed by atoms with van der Waals surface area (Å²) in [6.07, 6.45) is 1.57. The van der Waals surface area contributed by atoms with Crippen LogP contribution in [0.5, 0.6) is 0 Å². The first-order chi connectivity index (χ1) is 20.1. The molecule has 0 aromatic carbocycles. The Balaban J connectivity index is -0.000000259. The Bertz CT molecular complexity index is 756. The fraction of sp³-hybridized carbons (Fsp3) is 0.765. The van der Waals surface area contributed by atoms with Crippen LogP contribution >= 0.6 is 0 Å². The Kier molecular flexibility index (Phi) is 35.1. The fourth-order valence-electron chi connectivity index (χ4n) is 3.40. The molecule has 1 aliphatic rings. The molecule has 0 radical (unpaired) electrons. The summed E-state index contributed by atoms with van der Waals surface area (Å²) in [6, 6.07) is 0. The van der Waals surface area contributed by atoms with Crippen molar-refractivity contribution in [3.05, 3.63) is 61.3 Å². The van der Waals surface area contributed by atoms with Gasteiger partial charge in [0.25, 0.3) is 0 Å². The molecule has 0 atom stereocenters. The van der Waals surface area contributed by atoms with Crippen molar-refractivity contribution >= 4 is 23.6 Å². The average molecular weight is 880 g/mol. The first kappa shape index (κ1) is 50.5. The third-order valence-corrected chi connectivity index (χ3v) is 4.80. The molecule has 28 heteroatoms. The van der Waals surface area contributed by atoms with E-state index in [0.717, 1.165) is 0 Å². The molecular formula is C17H33N11O16Th. The van der Waals surface area contributed by atoms with E-state index in [0.29, 0.717) is 52.1 Å². The van der Waals surface area contributed by atoms with Gasteiger partial charge in [-0.25, -0.2) is 0 Å². The van der Waals surface area contributed by atoms with Gasteiger partial charge in [0.2, 0.25) is 23.6 Å². The molecule has 0 aliphatic carbocycles. The Morgan fingerprint density at radius 2 is 0.689 bits per heavy atom. The van der Waals surface area contributed by atoms with E-state index < -0.39 is 38.1 Å². The molecule has 1 aliphatic heterocycles. The van der Waals surface area contributed by atoms with E-state index in [-0.39, 0.29) is 77.8 Å². The van der Waals surface area contributed by atoms with Crippen molar-refractivity contribution in [1.82, 2.24) is 14.7 Å². The molecule has 27 nitrogen and oxygen atoms in total. The predicted octanol–water partition coefficient (Wildman–Crippen LogP) is -4.32. The minimum absolute atomic E-state index is 0. The first-order valence-corrected chi connectivity index (χ1v) is 11.6. The molecule has 0 aromatic rings. The maximum Gasteiger partial charge on any atom is 4.00 e. The van der Waals surface area contributed by atoms with Gasteiger partial charge in [0.1, 0.15) is 0 Å². The fourth-order valence-corrected chi connectivity index (χ4v) is 3.40. The Morgan fingerprint density at radius 3 is 0.867 bits per heavy atom. The number of amides is 4. The third kappa shape index (κ3) is 56.3. The molecule has 4 amide bonds. The molecule has 1 rings (SSSR count). The van der Waals surface area contributed by atoms with Gasteiger partial charge in [-0.3, -0.25) is 33.9 Å². The first-order valence-electron chi connectivity index (χ1n) is 11.6. The summed E-state index contributed by atoms with van der Waals surface area (Å²) in [5.74, 6) is -1.67. The molecule has 8 N–H and O–H groups in total. The van der Waals surface area contributed by atoms with Crippen LogP contribution in [0.4, 0.5) is 0 Å². The van der Waals surface area contributed by atoms with Crippen molar-refractivity contribution in [2.24, 2.45) is 28.9 Å². The average Bonchev–Trinajstić information content (AvgIpc) is 2.78. The van der Waals surface area contributed by atoms with Crippen molar-refractivity contribution in [3.63, 3.8) is 0 Å². The molecule has 0 aromatic heterocycles. The summed E-state index contributed by atoms with van der Waals surface area (Å²) in [7, 11) is 0. The van der Waals surface area contributed by atoms with E-state index in [1.807, 2.05) is 14.7 Å². The third-order valence-electron chi connectivity index (χ3n) is 4.80. The molecule has 1 saturated heterocycles. The number of hydrogen-bond donors (Lipinski definition) is 4. The molecule has 1 fully saturated rings. The van der Waals surface area contributed by atoms with E-state index in [9.17, 15) is 19.2 Å². The summed E-state index contributed by atoms with van der Waals surface area (Å²) in [5.41, 5.74) is 21.4. The summed E-state index contributed by atoms with van der Waals surface area (Å²) < 4.78 is 0. The zero-order valence-electron chi connectivity index (χ0n) is 23.5. The summed E-state index contributed by atoms with van der Waals surface area (Å²) in [4.78, 5) is 84.2. The van der Waals surface area contributed by atoms with E-state index in [1.165, 1.54) is 0 Å². The smallest absolute Gasteiger partial charge is 0.370 e. The molecule has 45 heavy (non-hydrogen) atoms. The van der Waals surface area contributed by atoms with Gasteiger partial charge in [-0.2, -0.15) is 0 Å². The van der Waals surface area contributed by atoms with Crippen molar-refractivity contribution in [2.75, 3.05) is 58.9 Å². The number of primary amides is 4. The number of carbonyl (C=O) groups excluding carboxylic acids is 4. The van der Waals surface area contributed by atoms with Crippen LogP contribution in [0.2, 0.25) is 0 Å². The van der Waals surface area contributed by atoms with Gasteiger partial charge in [-0.15, -0.1) is 0 Å². The SMILES string of the molecule is NC(=O)CC1CCN(CC(N)=O)CCN(CC(N)=O)CCN(CC(N)=O)CC1.O=[N+]([O-])[O-].O=[N+]([O-])[O-].O=[N+]([O-])[O-].O=[N+]([O-])[O-].[Th+4]. The molecule has 0 spiro atoms. The van der Waals surface area contributed by atoms with Crippen molar-refractivity contribution in [2.45, 2.75) is 19.3 Å². The number of nitrogens with zero attached hydrogens (tertiary/aromatic N) is 7. The van der Waals surface area contributed by atoms with E-state index in [4.69, 9.17) is 84.2 Å². The van der Waals surface area contributed by atoms with Gasteiger partial charge >= 0.3 is 39.9 Å². The predicted molar refractivity (Wildman–Crippen MR) is 145 cm³/mol. The molecule has 0 bridgehead atoms. The van der Waals surface area contributed by atoms with E-state index in [2.05, 4.69) is 0 Å². The van der Waals surface area contributed by atoms with Crippen molar-refractivity contribution in [3.8, 4) is 0 Å². The van der Waals surface area contributed by atoms with Crippen LogP contribution in [-0.2, 0) is 19.2 Å². The quantitative estimate of drug-likeness (QED) is 0.132. The maximum atomic E-state index is 11.4. The largest absolute Gasteiger partial charge is 4.00 e. The number of nitrogens with two attached hydrogens (primary N) is 4. The van der Waals surface area contributed by atoms with Crippen LogP contribution in [0, 0.1) is 107 Å². The molecule has 0 saturated carbocycles. The second-order valence-corrected chi connectivity index (χ2v) is 8.24. The standard InChI is InChI=1S/C17H33N7O4.4NO3.Th/c18-14(25)9-13-1-3-22(10-15(19)26)5-7-24(12-17(21)28)8-6-23(4-2-13)11-16(20)27;4*2-1(3)4;/h13H,1-12H2,(H2,18,25)(H2,19,26)(H2,20,27)(H2,21,28);;;;;/q;4*-1;+4. The van der Waals surface area contributed by atoms with Gasteiger partial charge in [-0.05, 0) is 31.8 Å². The van der Waals surface area contributed by atoms with Crippen LogP contribution in [0.3, 0.4) is 0 Å². The van der Waals surface area contributed by atoms with E-state index >= 15 is 0 Å². The van der Waals surface area contributed by atoms with Crippen LogP contribution in [-0.4, -0.2) is 118 Å². The van der Waals surface area contributed by atoms with Crippen molar-refractivity contribution < 1.29 is 79.5 Å². The Hall–Kier alpha value is -4.12. The Labute approximate surface area is 285 Å². The minimum atomic E-state index is -1.75. The summed E-state index contributed by atoms with van der Waals surface area (Å²) in [6.45, 7) is 3.50. The van der Waals surface area contributed by atoms with Crippen LogP contribution in [0.1, 0.15) is 19.3 Å².